The average Bonchev–Trinajstić information content (AvgIpc) is 2.62. The van der Waals surface area contributed by atoms with Crippen LogP contribution in [0.15, 0.2) is 18.2 Å². The number of benzene rings is 1. The van der Waals surface area contributed by atoms with Crippen LogP contribution in [0, 0.1) is 0 Å². The van der Waals surface area contributed by atoms with Crippen molar-refractivity contribution < 1.29 is 27.5 Å². The van der Waals surface area contributed by atoms with Gasteiger partial charge in [-0.15, -0.1) is 0 Å². The monoisotopic (exact) mass is 312 g/mol. The van der Waals surface area contributed by atoms with Gasteiger partial charge >= 0.3 is 5.97 Å². The summed E-state index contributed by atoms with van der Waals surface area (Å²) in [6, 6.07) is 3.96. The number of rotatable bonds is 4. The third kappa shape index (κ3) is 3.02. The standard InChI is InChI=1S/C12H12N2O6S/c1-20-10(15)6-14-11(16)8-4-3-7(13-21(2,18)19)5-9(8)12(14)17/h3-5,13H,6H2,1-2H3. The molecule has 2 amide bonds. The molecule has 1 aliphatic heterocycles. The molecule has 0 saturated heterocycles. The summed E-state index contributed by atoms with van der Waals surface area (Å²) >= 11 is 0. The van der Waals surface area contributed by atoms with Crippen molar-refractivity contribution in [1.82, 2.24) is 4.90 Å². The molecule has 1 heterocycles. The van der Waals surface area contributed by atoms with Crippen LogP contribution < -0.4 is 4.72 Å². The van der Waals surface area contributed by atoms with Gasteiger partial charge < -0.3 is 4.74 Å². The minimum absolute atomic E-state index is 0.0394. The molecular formula is C12H12N2O6S. The first kappa shape index (κ1) is 15.0. The quantitative estimate of drug-likeness (QED) is 0.610. The minimum atomic E-state index is -3.50. The molecule has 21 heavy (non-hydrogen) atoms. The Balaban J connectivity index is 2.34. The van der Waals surface area contributed by atoms with Gasteiger partial charge in [0.1, 0.15) is 6.54 Å². The number of ether oxygens (including phenoxy) is 1. The first-order chi connectivity index (χ1) is 9.73. The molecule has 1 aromatic rings. The summed E-state index contributed by atoms with van der Waals surface area (Å²) in [7, 11) is -2.35. The molecule has 112 valence electrons. The molecule has 0 aliphatic carbocycles. The van der Waals surface area contributed by atoms with Crippen molar-refractivity contribution in [1.29, 1.82) is 0 Å². The zero-order valence-electron chi connectivity index (χ0n) is 11.2. The van der Waals surface area contributed by atoms with Gasteiger partial charge in [0.25, 0.3) is 11.8 Å². The number of nitrogens with one attached hydrogen (secondary N) is 1. The lowest BCUT2D eigenvalue weighted by Crippen LogP contribution is -2.35. The Bertz CT molecular complexity index is 740. The zero-order chi connectivity index (χ0) is 15.8. The lowest BCUT2D eigenvalue weighted by molar-refractivity contribution is -0.140. The highest BCUT2D eigenvalue weighted by Gasteiger charge is 2.37. The third-order valence-corrected chi connectivity index (χ3v) is 3.40. The van der Waals surface area contributed by atoms with Gasteiger partial charge in [0.2, 0.25) is 10.0 Å². The van der Waals surface area contributed by atoms with E-state index in [1.165, 1.54) is 18.2 Å². The van der Waals surface area contributed by atoms with Crippen molar-refractivity contribution in [2.45, 2.75) is 0 Å². The fourth-order valence-electron chi connectivity index (χ4n) is 1.91. The Morgan fingerprint density at radius 2 is 1.86 bits per heavy atom. The highest BCUT2D eigenvalue weighted by Crippen LogP contribution is 2.26. The SMILES string of the molecule is COC(=O)CN1C(=O)c2ccc(NS(C)(=O)=O)cc2C1=O. The van der Waals surface area contributed by atoms with Crippen LogP contribution in [0.2, 0.25) is 0 Å². The zero-order valence-corrected chi connectivity index (χ0v) is 12.1. The van der Waals surface area contributed by atoms with Gasteiger partial charge in [-0.3, -0.25) is 24.0 Å². The number of fused-ring (bicyclic) bond motifs is 1. The van der Waals surface area contributed by atoms with Crippen LogP contribution in [0.4, 0.5) is 5.69 Å². The van der Waals surface area contributed by atoms with Crippen molar-refractivity contribution in [2.24, 2.45) is 0 Å². The van der Waals surface area contributed by atoms with E-state index < -0.39 is 34.4 Å². The highest BCUT2D eigenvalue weighted by atomic mass is 32.2. The molecule has 1 aliphatic rings. The Morgan fingerprint density at radius 1 is 1.24 bits per heavy atom. The Hall–Kier alpha value is -2.42. The maximum absolute atomic E-state index is 12.1. The molecule has 0 saturated carbocycles. The molecular weight excluding hydrogens is 300 g/mol. The number of carbonyl (C=O) groups is 3. The first-order valence-corrected chi connectivity index (χ1v) is 7.67. The van der Waals surface area contributed by atoms with Crippen LogP contribution in [-0.2, 0) is 19.6 Å². The molecule has 8 nitrogen and oxygen atoms in total. The van der Waals surface area contributed by atoms with Crippen LogP contribution in [0.5, 0.6) is 0 Å². The molecule has 0 radical (unpaired) electrons. The van der Waals surface area contributed by atoms with Crippen molar-refractivity contribution in [3.63, 3.8) is 0 Å². The van der Waals surface area contributed by atoms with Crippen LogP contribution in [0.25, 0.3) is 0 Å². The third-order valence-electron chi connectivity index (χ3n) is 2.79. The second kappa shape index (κ2) is 5.17. The van der Waals surface area contributed by atoms with E-state index >= 15 is 0 Å². The van der Waals surface area contributed by atoms with Gasteiger partial charge in [-0.05, 0) is 18.2 Å². The Labute approximate surface area is 120 Å². The molecule has 0 bridgehead atoms. The molecule has 9 heteroatoms. The molecule has 0 unspecified atom stereocenters. The second-order valence-corrected chi connectivity index (χ2v) is 6.16. The highest BCUT2D eigenvalue weighted by molar-refractivity contribution is 7.92. The summed E-state index contributed by atoms with van der Waals surface area (Å²) < 4.78 is 29.0. The van der Waals surface area contributed by atoms with Gasteiger partial charge in [-0.25, -0.2) is 8.42 Å². The topological polar surface area (TPSA) is 110 Å². The van der Waals surface area contributed by atoms with Crippen LogP contribution in [0.1, 0.15) is 20.7 Å². The van der Waals surface area contributed by atoms with Crippen molar-refractivity contribution >= 4 is 33.5 Å². The van der Waals surface area contributed by atoms with E-state index in [0.29, 0.717) is 0 Å². The lowest BCUT2D eigenvalue weighted by atomic mass is 10.1. The smallest absolute Gasteiger partial charge is 0.325 e. The molecule has 1 aromatic carbocycles. The normalized spacial score (nSPS) is 14.1. The summed E-state index contributed by atoms with van der Waals surface area (Å²) in [4.78, 5) is 36.1. The Kier molecular flexibility index (Phi) is 3.69. The van der Waals surface area contributed by atoms with E-state index in [9.17, 15) is 22.8 Å². The predicted octanol–water partition coefficient (Wildman–Crippen LogP) is -0.173. The summed E-state index contributed by atoms with van der Waals surface area (Å²) in [5, 5.41) is 0. The maximum Gasteiger partial charge on any atom is 0.325 e. The van der Waals surface area contributed by atoms with Crippen LogP contribution >= 0.6 is 0 Å². The molecule has 1 N–H and O–H groups in total. The second-order valence-electron chi connectivity index (χ2n) is 4.41. The number of amides is 2. The largest absolute Gasteiger partial charge is 0.468 e. The number of carbonyl (C=O) groups excluding carboxylic acids is 3. The van der Waals surface area contributed by atoms with Gasteiger partial charge in [0.15, 0.2) is 0 Å². The van der Waals surface area contributed by atoms with Crippen LogP contribution in [-0.4, -0.2) is 51.0 Å². The minimum Gasteiger partial charge on any atom is -0.468 e. The predicted molar refractivity (Wildman–Crippen MR) is 72.3 cm³/mol. The van der Waals surface area contributed by atoms with E-state index in [4.69, 9.17) is 0 Å². The van der Waals surface area contributed by atoms with E-state index in [1.807, 2.05) is 0 Å². The van der Waals surface area contributed by atoms with Crippen LogP contribution in [0.3, 0.4) is 0 Å². The summed E-state index contributed by atoms with van der Waals surface area (Å²) in [6.45, 7) is -0.488. The number of methoxy groups -OCH3 is 1. The van der Waals surface area contributed by atoms with Crippen molar-refractivity contribution in [3.05, 3.63) is 29.3 Å². The van der Waals surface area contributed by atoms with Gasteiger partial charge in [0, 0.05) is 5.69 Å². The molecule has 0 atom stereocenters. The van der Waals surface area contributed by atoms with Gasteiger partial charge in [-0.2, -0.15) is 0 Å². The number of imide groups is 1. The Morgan fingerprint density at radius 3 is 2.43 bits per heavy atom. The number of hydrogen-bond acceptors (Lipinski definition) is 6. The van der Waals surface area contributed by atoms with Crippen molar-refractivity contribution in [2.75, 3.05) is 24.6 Å². The van der Waals surface area contributed by atoms with Gasteiger partial charge in [0.05, 0.1) is 24.5 Å². The fourth-order valence-corrected chi connectivity index (χ4v) is 2.46. The maximum atomic E-state index is 12.1. The number of anilines is 1. The van der Waals surface area contributed by atoms with Gasteiger partial charge in [-0.1, -0.05) is 0 Å². The first-order valence-electron chi connectivity index (χ1n) is 5.78. The summed E-state index contributed by atoms with van der Waals surface area (Å²) in [6.07, 6.45) is 0.969. The van der Waals surface area contributed by atoms with Crippen molar-refractivity contribution in [3.8, 4) is 0 Å². The number of sulfonamides is 1. The number of hydrogen-bond donors (Lipinski definition) is 1. The van der Waals surface area contributed by atoms with E-state index in [0.717, 1.165) is 18.3 Å². The number of esters is 1. The summed E-state index contributed by atoms with van der Waals surface area (Å²) in [5.41, 5.74) is 0.317. The molecule has 0 aromatic heterocycles. The molecule has 2 rings (SSSR count). The fraction of sp³-hybridized carbons (Fsp3) is 0.250. The van der Waals surface area contributed by atoms with E-state index in [1.54, 1.807) is 0 Å². The molecule has 0 fully saturated rings. The molecule has 0 spiro atoms. The average molecular weight is 312 g/mol. The number of nitrogens with zero attached hydrogens (tertiary/aromatic N) is 1. The van der Waals surface area contributed by atoms with E-state index in [2.05, 4.69) is 9.46 Å². The van der Waals surface area contributed by atoms with E-state index in [-0.39, 0.29) is 16.8 Å². The lowest BCUT2D eigenvalue weighted by Gasteiger charge is -2.11. The summed E-state index contributed by atoms with van der Waals surface area (Å²) in [5.74, 6) is -2.01.